The van der Waals surface area contributed by atoms with E-state index in [1.165, 1.54) is 18.6 Å². The Kier molecular flexibility index (Phi) is 2.87. The summed E-state index contributed by atoms with van der Waals surface area (Å²) in [5.41, 5.74) is 1.08. The molecule has 5 heteroatoms. The number of non-ortho nitro benzene ring substituents is 1. The van der Waals surface area contributed by atoms with Crippen molar-refractivity contribution in [1.82, 2.24) is 0 Å². The normalized spacial score (nSPS) is 37.2. The van der Waals surface area contributed by atoms with Crippen LogP contribution in [0.2, 0.25) is 0 Å². The molecule has 0 unspecified atom stereocenters. The highest BCUT2D eigenvalue weighted by atomic mass is 16.7. The smallest absolute Gasteiger partial charge is 0.269 e. The predicted octanol–water partition coefficient (Wildman–Crippen LogP) is 3.22. The summed E-state index contributed by atoms with van der Waals surface area (Å²) in [5.74, 6) is 1.28. The quantitative estimate of drug-likeness (QED) is 0.476. The number of nitrogens with zero attached hydrogens (tertiary/aromatic N) is 1. The second-order valence-corrected chi connectivity index (χ2v) is 6.36. The first kappa shape index (κ1) is 13.0. The molecule has 4 rings (SSSR count). The van der Waals surface area contributed by atoms with Gasteiger partial charge in [-0.15, -0.1) is 0 Å². The minimum Gasteiger partial charge on any atom is -0.348 e. The fourth-order valence-electron chi connectivity index (χ4n) is 3.90. The standard InChI is InChI=1S/C16H17NO4/c18-17(19)14-5-2-12(3-6-14)15-20-9-16(10-21-15)8-11-1-4-13(16)7-11/h1-6,11,13,15H,7-10H2/t11-,13-,15?,16?/m0/s1. The van der Waals surface area contributed by atoms with Gasteiger partial charge in [-0.2, -0.15) is 0 Å². The molecule has 5 nitrogen and oxygen atoms in total. The summed E-state index contributed by atoms with van der Waals surface area (Å²) in [6.45, 7) is 1.42. The van der Waals surface area contributed by atoms with Crippen LogP contribution in [0.4, 0.5) is 5.69 Å². The summed E-state index contributed by atoms with van der Waals surface area (Å²) in [6.07, 6.45) is 6.61. The Bertz CT molecular complexity index is 587. The molecule has 2 bridgehead atoms. The molecule has 2 fully saturated rings. The topological polar surface area (TPSA) is 61.6 Å². The first-order valence-corrected chi connectivity index (χ1v) is 7.32. The van der Waals surface area contributed by atoms with Crippen LogP contribution in [0.3, 0.4) is 0 Å². The molecule has 1 spiro atoms. The minimum absolute atomic E-state index is 0.0873. The molecule has 0 N–H and O–H groups in total. The SMILES string of the molecule is O=[N+]([O-])c1ccc(C2OCC3(CO2)C[C@H]2C=C[C@H]3C2)cc1. The summed E-state index contributed by atoms with van der Waals surface area (Å²) in [7, 11) is 0. The van der Waals surface area contributed by atoms with Gasteiger partial charge in [0, 0.05) is 23.1 Å². The van der Waals surface area contributed by atoms with Crippen molar-refractivity contribution < 1.29 is 14.4 Å². The average molecular weight is 287 g/mol. The van der Waals surface area contributed by atoms with Gasteiger partial charge >= 0.3 is 0 Å². The summed E-state index contributed by atoms with van der Waals surface area (Å²) in [5, 5.41) is 10.7. The number of nitro groups is 1. The van der Waals surface area contributed by atoms with Crippen molar-refractivity contribution in [3.8, 4) is 0 Å². The van der Waals surface area contributed by atoms with Crippen LogP contribution in [-0.4, -0.2) is 18.1 Å². The first-order valence-electron chi connectivity index (χ1n) is 7.32. The van der Waals surface area contributed by atoms with E-state index in [0.717, 1.165) is 12.0 Å². The molecule has 2 atom stereocenters. The molecule has 1 aliphatic heterocycles. The molecule has 3 aliphatic rings. The molecule has 1 aromatic rings. The van der Waals surface area contributed by atoms with Gasteiger partial charge in [0.1, 0.15) is 0 Å². The lowest BCUT2D eigenvalue weighted by molar-refractivity contribution is -0.384. The predicted molar refractivity (Wildman–Crippen MR) is 75.5 cm³/mol. The van der Waals surface area contributed by atoms with E-state index >= 15 is 0 Å². The minimum atomic E-state index is -0.403. The summed E-state index contributed by atoms with van der Waals surface area (Å²) >= 11 is 0. The van der Waals surface area contributed by atoms with Crippen LogP contribution in [0.25, 0.3) is 0 Å². The number of allylic oxidation sites excluding steroid dienone is 2. The molecule has 1 heterocycles. The van der Waals surface area contributed by atoms with E-state index in [-0.39, 0.29) is 11.1 Å². The van der Waals surface area contributed by atoms with E-state index in [0.29, 0.717) is 25.0 Å². The van der Waals surface area contributed by atoms with Crippen LogP contribution in [0, 0.1) is 27.4 Å². The van der Waals surface area contributed by atoms with E-state index in [2.05, 4.69) is 12.2 Å². The summed E-state index contributed by atoms with van der Waals surface area (Å²) in [6, 6.07) is 6.41. The Balaban J connectivity index is 1.45. The van der Waals surface area contributed by atoms with Gasteiger partial charge in [0.05, 0.1) is 18.1 Å². The molecule has 1 aromatic carbocycles. The van der Waals surface area contributed by atoms with Gasteiger partial charge in [-0.05, 0) is 36.8 Å². The fourth-order valence-corrected chi connectivity index (χ4v) is 3.90. The van der Waals surface area contributed by atoms with E-state index in [9.17, 15) is 10.1 Å². The maximum absolute atomic E-state index is 10.7. The van der Waals surface area contributed by atoms with Crippen LogP contribution >= 0.6 is 0 Å². The number of benzene rings is 1. The largest absolute Gasteiger partial charge is 0.348 e. The first-order chi connectivity index (χ1) is 10.2. The van der Waals surface area contributed by atoms with Gasteiger partial charge < -0.3 is 9.47 Å². The number of fused-ring (bicyclic) bond motifs is 3. The second-order valence-electron chi connectivity index (χ2n) is 6.36. The number of rotatable bonds is 2. The number of hydrogen-bond acceptors (Lipinski definition) is 4. The molecular weight excluding hydrogens is 270 g/mol. The van der Waals surface area contributed by atoms with E-state index < -0.39 is 11.2 Å². The van der Waals surface area contributed by atoms with Gasteiger partial charge in [0.25, 0.3) is 5.69 Å². The van der Waals surface area contributed by atoms with E-state index in [1.807, 2.05) is 0 Å². The Morgan fingerprint density at radius 1 is 1.14 bits per heavy atom. The molecule has 2 aliphatic carbocycles. The molecule has 0 amide bonds. The molecular formula is C16H17NO4. The Morgan fingerprint density at radius 2 is 1.86 bits per heavy atom. The number of nitro benzene ring substituents is 1. The van der Waals surface area contributed by atoms with Crippen molar-refractivity contribution in [3.05, 3.63) is 52.1 Å². The van der Waals surface area contributed by atoms with Crippen molar-refractivity contribution in [2.24, 2.45) is 17.3 Å². The lowest BCUT2D eigenvalue weighted by atomic mass is 9.76. The van der Waals surface area contributed by atoms with Gasteiger partial charge in [0.2, 0.25) is 0 Å². The maximum atomic E-state index is 10.7. The van der Waals surface area contributed by atoms with Crippen molar-refractivity contribution in [2.75, 3.05) is 13.2 Å². The maximum Gasteiger partial charge on any atom is 0.269 e. The molecule has 110 valence electrons. The van der Waals surface area contributed by atoms with Gasteiger partial charge in [-0.25, -0.2) is 0 Å². The van der Waals surface area contributed by atoms with Crippen molar-refractivity contribution in [3.63, 3.8) is 0 Å². The summed E-state index contributed by atoms with van der Waals surface area (Å²) < 4.78 is 11.9. The van der Waals surface area contributed by atoms with Crippen LogP contribution in [-0.2, 0) is 9.47 Å². The Morgan fingerprint density at radius 3 is 2.38 bits per heavy atom. The second kappa shape index (κ2) is 4.64. The van der Waals surface area contributed by atoms with Crippen molar-refractivity contribution in [2.45, 2.75) is 19.1 Å². The van der Waals surface area contributed by atoms with Gasteiger partial charge in [-0.3, -0.25) is 10.1 Å². The third kappa shape index (κ3) is 2.08. The number of ether oxygens (including phenoxy) is 2. The third-order valence-corrected chi connectivity index (χ3v) is 5.05. The zero-order chi connectivity index (χ0) is 14.4. The number of hydrogen-bond donors (Lipinski definition) is 0. The Hall–Kier alpha value is -1.72. The molecule has 0 radical (unpaired) electrons. The lowest BCUT2D eigenvalue weighted by Gasteiger charge is -2.41. The van der Waals surface area contributed by atoms with Crippen molar-refractivity contribution in [1.29, 1.82) is 0 Å². The zero-order valence-electron chi connectivity index (χ0n) is 11.6. The van der Waals surface area contributed by atoms with Crippen LogP contribution in [0.5, 0.6) is 0 Å². The summed E-state index contributed by atoms with van der Waals surface area (Å²) in [4.78, 5) is 10.3. The fraction of sp³-hybridized carbons (Fsp3) is 0.500. The van der Waals surface area contributed by atoms with Crippen LogP contribution in [0.1, 0.15) is 24.7 Å². The highest BCUT2D eigenvalue weighted by Crippen LogP contribution is 2.54. The third-order valence-electron chi connectivity index (χ3n) is 5.05. The lowest BCUT2D eigenvalue weighted by Crippen LogP contribution is -2.41. The monoisotopic (exact) mass is 287 g/mol. The van der Waals surface area contributed by atoms with Crippen LogP contribution < -0.4 is 0 Å². The highest BCUT2D eigenvalue weighted by molar-refractivity contribution is 5.33. The van der Waals surface area contributed by atoms with Crippen molar-refractivity contribution >= 4 is 5.69 Å². The van der Waals surface area contributed by atoms with E-state index in [1.54, 1.807) is 12.1 Å². The van der Waals surface area contributed by atoms with E-state index in [4.69, 9.17) is 9.47 Å². The zero-order valence-corrected chi connectivity index (χ0v) is 11.6. The molecule has 0 aromatic heterocycles. The molecule has 1 saturated heterocycles. The Labute approximate surface area is 122 Å². The van der Waals surface area contributed by atoms with Crippen LogP contribution in [0.15, 0.2) is 36.4 Å². The van der Waals surface area contributed by atoms with Gasteiger partial charge in [-0.1, -0.05) is 12.2 Å². The molecule has 21 heavy (non-hydrogen) atoms. The van der Waals surface area contributed by atoms with Gasteiger partial charge in [0.15, 0.2) is 6.29 Å². The average Bonchev–Trinajstić information content (AvgIpc) is 3.09. The molecule has 1 saturated carbocycles. The highest BCUT2D eigenvalue weighted by Gasteiger charge is 2.51.